The Hall–Kier alpha value is -2.44. The van der Waals surface area contributed by atoms with E-state index in [0.29, 0.717) is 18.8 Å². The van der Waals surface area contributed by atoms with Gasteiger partial charge in [-0.15, -0.1) is 0 Å². The van der Waals surface area contributed by atoms with Gasteiger partial charge in [0.2, 0.25) is 0 Å². The molecule has 1 fully saturated rings. The Balaban J connectivity index is 1.46. The van der Waals surface area contributed by atoms with Crippen molar-refractivity contribution in [1.29, 1.82) is 0 Å². The van der Waals surface area contributed by atoms with Crippen molar-refractivity contribution in [1.82, 2.24) is 19.5 Å². The van der Waals surface area contributed by atoms with E-state index in [-0.39, 0.29) is 11.7 Å². The van der Waals surface area contributed by atoms with Crippen LogP contribution in [0.4, 0.5) is 0 Å². The summed E-state index contributed by atoms with van der Waals surface area (Å²) >= 11 is 0. The van der Waals surface area contributed by atoms with Crippen molar-refractivity contribution < 1.29 is 4.74 Å². The monoisotopic (exact) mass is 338 g/mol. The lowest BCUT2D eigenvalue weighted by molar-refractivity contribution is -0.0308. The molecule has 6 nitrogen and oxygen atoms in total. The first-order valence-electron chi connectivity index (χ1n) is 8.63. The van der Waals surface area contributed by atoms with Crippen LogP contribution in [-0.2, 0) is 17.7 Å². The Morgan fingerprint density at radius 3 is 2.96 bits per heavy atom. The number of hydrogen-bond donors (Lipinski definition) is 1. The van der Waals surface area contributed by atoms with Crippen molar-refractivity contribution in [2.75, 3.05) is 19.7 Å². The SMILES string of the molecule is Cc1cc2nc(CN3CCOC(Cc4ccccc4)C3)cc(=O)n2[nH]1. The van der Waals surface area contributed by atoms with Crippen molar-refractivity contribution in [2.45, 2.75) is 26.0 Å². The Kier molecular flexibility index (Phi) is 4.38. The first kappa shape index (κ1) is 16.1. The molecule has 1 aromatic carbocycles. The molecule has 1 unspecified atom stereocenters. The second-order valence-corrected chi connectivity index (χ2v) is 6.64. The number of fused-ring (bicyclic) bond motifs is 1. The molecule has 2 aromatic heterocycles. The van der Waals surface area contributed by atoms with Crippen molar-refractivity contribution in [2.24, 2.45) is 0 Å². The number of hydrogen-bond acceptors (Lipinski definition) is 4. The minimum absolute atomic E-state index is 0.0674. The number of benzene rings is 1. The highest BCUT2D eigenvalue weighted by Gasteiger charge is 2.21. The molecule has 6 heteroatoms. The average Bonchev–Trinajstić information content (AvgIpc) is 2.97. The maximum Gasteiger partial charge on any atom is 0.272 e. The second kappa shape index (κ2) is 6.82. The van der Waals surface area contributed by atoms with Gasteiger partial charge in [-0.25, -0.2) is 9.50 Å². The average molecular weight is 338 g/mol. The molecule has 130 valence electrons. The van der Waals surface area contributed by atoms with Gasteiger partial charge in [-0.3, -0.25) is 14.8 Å². The number of nitrogens with zero attached hydrogens (tertiary/aromatic N) is 3. The number of nitrogens with one attached hydrogen (secondary N) is 1. The fourth-order valence-electron chi connectivity index (χ4n) is 3.40. The van der Waals surface area contributed by atoms with E-state index in [1.54, 1.807) is 6.07 Å². The van der Waals surface area contributed by atoms with E-state index < -0.39 is 0 Å². The molecule has 1 saturated heterocycles. The van der Waals surface area contributed by atoms with Crippen LogP contribution in [0.3, 0.4) is 0 Å². The fraction of sp³-hybridized carbons (Fsp3) is 0.368. The number of ether oxygens (including phenoxy) is 1. The van der Waals surface area contributed by atoms with Crippen LogP contribution in [0.5, 0.6) is 0 Å². The van der Waals surface area contributed by atoms with E-state index >= 15 is 0 Å². The highest BCUT2D eigenvalue weighted by Crippen LogP contribution is 2.14. The molecule has 0 bridgehead atoms. The molecule has 3 aromatic rings. The second-order valence-electron chi connectivity index (χ2n) is 6.64. The summed E-state index contributed by atoms with van der Waals surface area (Å²) in [6, 6.07) is 13.9. The molecular formula is C19H22N4O2. The first-order chi connectivity index (χ1) is 12.2. The molecule has 1 N–H and O–H groups in total. The van der Waals surface area contributed by atoms with Crippen LogP contribution in [0.1, 0.15) is 17.0 Å². The maximum atomic E-state index is 12.2. The number of H-pyrrole nitrogens is 1. The molecule has 3 heterocycles. The van der Waals surface area contributed by atoms with Gasteiger partial charge in [-0.1, -0.05) is 30.3 Å². The van der Waals surface area contributed by atoms with Gasteiger partial charge in [0.1, 0.15) is 0 Å². The first-order valence-corrected chi connectivity index (χ1v) is 8.63. The number of aryl methyl sites for hydroxylation is 1. The number of rotatable bonds is 4. The predicted molar refractivity (Wildman–Crippen MR) is 95.7 cm³/mol. The van der Waals surface area contributed by atoms with Gasteiger partial charge in [0, 0.05) is 37.5 Å². The van der Waals surface area contributed by atoms with Crippen LogP contribution in [0.2, 0.25) is 0 Å². The van der Waals surface area contributed by atoms with Gasteiger partial charge in [-0.05, 0) is 18.9 Å². The summed E-state index contributed by atoms with van der Waals surface area (Å²) in [5.74, 6) is 0. The van der Waals surface area contributed by atoms with Gasteiger partial charge < -0.3 is 4.74 Å². The molecule has 0 spiro atoms. The summed E-state index contributed by atoms with van der Waals surface area (Å²) in [6.45, 7) is 5.01. The normalized spacial score (nSPS) is 18.7. The Bertz CT molecular complexity index is 916. The summed E-state index contributed by atoms with van der Waals surface area (Å²) in [5.41, 5.74) is 3.63. The van der Waals surface area contributed by atoms with Crippen molar-refractivity contribution in [3.05, 3.63) is 69.8 Å². The molecule has 0 saturated carbocycles. The van der Waals surface area contributed by atoms with Gasteiger partial charge >= 0.3 is 0 Å². The summed E-state index contributed by atoms with van der Waals surface area (Å²) in [7, 11) is 0. The van der Waals surface area contributed by atoms with E-state index in [4.69, 9.17) is 4.74 Å². The molecule has 0 radical (unpaired) electrons. The zero-order valence-electron chi connectivity index (χ0n) is 14.3. The molecule has 1 aliphatic rings. The molecule has 4 rings (SSSR count). The van der Waals surface area contributed by atoms with Crippen LogP contribution in [0.15, 0.2) is 47.3 Å². The van der Waals surface area contributed by atoms with Gasteiger partial charge in [0.05, 0.1) is 18.4 Å². The molecule has 1 atom stereocenters. The zero-order chi connectivity index (χ0) is 17.2. The third-order valence-corrected chi connectivity index (χ3v) is 4.55. The quantitative estimate of drug-likeness (QED) is 0.788. The van der Waals surface area contributed by atoms with Gasteiger partial charge in [-0.2, -0.15) is 0 Å². The standard InChI is InChI=1S/C19H22N4O2/c1-14-9-18-20-16(11-19(24)23(18)21-14)12-22-7-8-25-17(13-22)10-15-5-3-2-4-6-15/h2-6,9,11,17,21H,7-8,10,12-13H2,1H3. The summed E-state index contributed by atoms with van der Waals surface area (Å²) < 4.78 is 7.40. The minimum Gasteiger partial charge on any atom is -0.375 e. The van der Waals surface area contributed by atoms with Gasteiger partial charge in [0.25, 0.3) is 5.56 Å². The number of morpholine rings is 1. The smallest absolute Gasteiger partial charge is 0.272 e. The van der Waals surface area contributed by atoms with Crippen molar-refractivity contribution >= 4 is 5.65 Å². The number of aromatic nitrogens is 3. The third kappa shape index (κ3) is 3.65. The summed E-state index contributed by atoms with van der Waals surface area (Å²) in [5, 5.41) is 3.00. The molecule has 1 aliphatic heterocycles. The topological polar surface area (TPSA) is 62.6 Å². The van der Waals surface area contributed by atoms with Crippen LogP contribution in [0.25, 0.3) is 5.65 Å². The predicted octanol–water partition coefficient (Wildman–Crippen LogP) is 1.77. The highest BCUT2D eigenvalue weighted by molar-refractivity contribution is 5.39. The minimum atomic E-state index is -0.0674. The van der Waals surface area contributed by atoms with E-state index in [1.165, 1.54) is 10.1 Å². The molecule has 0 amide bonds. The zero-order valence-corrected chi connectivity index (χ0v) is 14.3. The highest BCUT2D eigenvalue weighted by atomic mass is 16.5. The maximum absolute atomic E-state index is 12.2. The Labute approximate surface area is 146 Å². The van der Waals surface area contributed by atoms with E-state index in [1.807, 2.05) is 19.1 Å². The van der Waals surface area contributed by atoms with E-state index in [9.17, 15) is 4.79 Å². The van der Waals surface area contributed by atoms with Crippen LogP contribution in [0, 0.1) is 6.92 Å². The van der Waals surface area contributed by atoms with Crippen LogP contribution in [-0.4, -0.2) is 45.3 Å². The Morgan fingerprint density at radius 1 is 1.28 bits per heavy atom. The summed E-state index contributed by atoms with van der Waals surface area (Å²) in [6.07, 6.45) is 1.08. The molecular weight excluding hydrogens is 316 g/mol. The lowest BCUT2D eigenvalue weighted by Crippen LogP contribution is -2.43. The summed E-state index contributed by atoms with van der Waals surface area (Å²) in [4.78, 5) is 19.1. The van der Waals surface area contributed by atoms with E-state index in [0.717, 1.165) is 30.9 Å². The lowest BCUT2D eigenvalue weighted by Gasteiger charge is -2.32. The Morgan fingerprint density at radius 2 is 2.12 bits per heavy atom. The fourth-order valence-corrected chi connectivity index (χ4v) is 3.40. The lowest BCUT2D eigenvalue weighted by atomic mass is 10.1. The molecule has 25 heavy (non-hydrogen) atoms. The van der Waals surface area contributed by atoms with Crippen LogP contribution < -0.4 is 5.56 Å². The largest absolute Gasteiger partial charge is 0.375 e. The van der Waals surface area contributed by atoms with Crippen molar-refractivity contribution in [3.8, 4) is 0 Å². The number of aromatic amines is 1. The van der Waals surface area contributed by atoms with Crippen LogP contribution >= 0.6 is 0 Å². The van der Waals surface area contributed by atoms with Crippen molar-refractivity contribution in [3.63, 3.8) is 0 Å². The molecule has 0 aliphatic carbocycles. The third-order valence-electron chi connectivity index (χ3n) is 4.55. The van der Waals surface area contributed by atoms with E-state index in [2.05, 4.69) is 39.2 Å². The van der Waals surface area contributed by atoms with Gasteiger partial charge in [0.15, 0.2) is 5.65 Å².